The molecule has 14 heavy (non-hydrogen) atoms. The van der Waals surface area contributed by atoms with Crippen LogP contribution in [0.15, 0.2) is 24.5 Å². The number of carbonyl (C=O) groups is 1. The van der Waals surface area contributed by atoms with Gasteiger partial charge < -0.3 is 0 Å². The summed E-state index contributed by atoms with van der Waals surface area (Å²) in [5, 5.41) is 4.11. The van der Waals surface area contributed by atoms with E-state index >= 15 is 0 Å². The molecule has 1 aromatic rings. The van der Waals surface area contributed by atoms with Crippen molar-refractivity contribution in [2.75, 3.05) is 0 Å². The van der Waals surface area contributed by atoms with Crippen molar-refractivity contribution in [3.63, 3.8) is 0 Å². The van der Waals surface area contributed by atoms with Gasteiger partial charge in [0.15, 0.2) is 5.78 Å². The van der Waals surface area contributed by atoms with Gasteiger partial charge in [0.05, 0.1) is 6.20 Å². The number of hydrogen-bond donors (Lipinski definition) is 0. The predicted octanol–water partition coefficient (Wildman–Crippen LogP) is 1.98. The molecule has 0 aliphatic rings. The Bertz CT molecular complexity index is 326. The summed E-state index contributed by atoms with van der Waals surface area (Å²) in [6.45, 7) is 4.88. The Hall–Kier alpha value is -1.38. The molecule has 3 nitrogen and oxygen atoms in total. The Labute approximate surface area is 84.4 Å². The SMILES string of the molecule is CC/C=C/C(=O)Cc1cnn(CC)c1. The van der Waals surface area contributed by atoms with E-state index in [1.807, 2.05) is 30.8 Å². The third-order valence-corrected chi connectivity index (χ3v) is 1.93. The summed E-state index contributed by atoms with van der Waals surface area (Å²) >= 11 is 0. The van der Waals surface area contributed by atoms with Crippen LogP contribution in [-0.4, -0.2) is 15.6 Å². The van der Waals surface area contributed by atoms with Crippen LogP contribution in [0.4, 0.5) is 0 Å². The predicted molar refractivity (Wildman–Crippen MR) is 56.0 cm³/mol. The fraction of sp³-hybridized carbons (Fsp3) is 0.455. The number of aromatic nitrogens is 2. The maximum Gasteiger partial charge on any atom is 0.159 e. The summed E-state index contributed by atoms with van der Waals surface area (Å²) in [7, 11) is 0. The van der Waals surface area contributed by atoms with E-state index in [0.29, 0.717) is 6.42 Å². The van der Waals surface area contributed by atoms with E-state index in [4.69, 9.17) is 0 Å². The first-order chi connectivity index (χ1) is 6.76. The van der Waals surface area contributed by atoms with Crippen molar-refractivity contribution < 1.29 is 4.79 Å². The highest BCUT2D eigenvalue weighted by Crippen LogP contribution is 2.00. The van der Waals surface area contributed by atoms with Gasteiger partial charge in [-0.2, -0.15) is 5.10 Å². The second-order valence-electron chi connectivity index (χ2n) is 3.16. The third-order valence-electron chi connectivity index (χ3n) is 1.93. The average molecular weight is 192 g/mol. The normalized spacial score (nSPS) is 11.0. The molecular weight excluding hydrogens is 176 g/mol. The topological polar surface area (TPSA) is 34.9 Å². The number of nitrogens with zero attached hydrogens (tertiary/aromatic N) is 2. The minimum absolute atomic E-state index is 0.141. The summed E-state index contributed by atoms with van der Waals surface area (Å²) in [6.07, 6.45) is 8.55. The zero-order valence-electron chi connectivity index (χ0n) is 8.73. The first kappa shape index (κ1) is 10.7. The molecule has 76 valence electrons. The lowest BCUT2D eigenvalue weighted by Crippen LogP contribution is -1.97. The van der Waals surface area contributed by atoms with Crippen LogP contribution in [0.1, 0.15) is 25.8 Å². The van der Waals surface area contributed by atoms with Crippen LogP contribution in [0.5, 0.6) is 0 Å². The van der Waals surface area contributed by atoms with Crippen molar-refractivity contribution in [2.24, 2.45) is 0 Å². The van der Waals surface area contributed by atoms with E-state index in [1.54, 1.807) is 12.3 Å². The lowest BCUT2D eigenvalue weighted by atomic mass is 10.1. The fourth-order valence-electron chi connectivity index (χ4n) is 1.18. The zero-order valence-corrected chi connectivity index (χ0v) is 8.73. The quantitative estimate of drug-likeness (QED) is 0.669. The monoisotopic (exact) mass is 192 g/mol. The van der Waals surface area contributed by atoms with Gasteiger partial charge in [0, 0.05) is 19.2 Å². The minimum Gasteiger partial charge on any atom is -0.294 e. The molecule has 0 atom stereocenters. The largest absolute Gasteiger partial charge is 0.294 e. The highest BCUT2D eigenvalue weighted by molar-refractivity contribution is 5.91. The van der Waals surface area contributed by atoms with E-state index in [0.717, 1.165) is 18.5 Å². The van der Waals surface area contributed by atoms with Crippen LogP contribution < -0.4 is 0 Å². The molecule has 0 spiro atoms. The summed E-state index contributed by atoms with van der Waals surface area (Å²) in [5.41, 5.74) is 0.984. The number of ketones is 1. The zero-order chi connectivity index (χ0) is 10.4. The van der Waals surface area contributed by atoms with E-state index < -0.39 is 0 Å². The van der Waals surface area contributed by atoms with Gasteiger partial charge in [0.25, 0.3) is 0 Å². The van der Waals surface area contributed by atoms with E-state index in [-0.39, 0.29) is 5.78 Å². The van der Waals surface area contributed by atoms with E-state index in [1.165, 1.54) is 0 Å². The van der Waals surface area contributed by atoms with Crippen molar-refractivity contribution in [3.05, 3.63) is 30.1 Å². The van der Waals surface area contributed by atoms with E-state index in [2.05, 4.69) is 5.10 Å². The molecule has 0 aromatic carbocycles. The fourth-order valence-corrected chi connectivity index (χ4v) is 1.18. The van der Waals surface area contributed by atoms with Gasteiger partial charge in [-0.05, 0) is 25.0 Å². The Morgan fingerprint density at radius 1 is 1.57 bits per heavy atom. The Balaban J connectivity index is 2.51. The Morgan fingerprint density at radius 2 is 2.36 bits per heavy atom. The van der Waals surface area contributed by atoms with Crippen molar-refractivity contribution in [1.29, 1.82) is 0 Å². The molecule has 1 aromatic heterocycles. The smallest absolute Gasteiger partial charge is 0.159 e. The molecular formula is C11H16N2O. The molecule has 0 N–H and O–H groups in total. The molecule has 0 aliphatic heterocycles. The maximum absolute atomic E-state index is 11.3. The maximum atomic E-state index is 11.3. The molecule has 0 bridgehead atoms. The van der Waals surface area contributed by atoms with Gasteiger partial charge in [-0.25, -0.2) is 0 Å². The molecule has 0 saturated heterocycles. The molecule has 0 saturated carbocycles. The van der Waals surface area contributed by atoms with Gasteiger partial charge in [0.2, 0.25) is 0 Å². The molecule has 3 heteroatoms. The first-order valence-electron chi connectivity index (χ1n) is 4.97. The van der Waals surface area contributed by atoms with Crippen LogP contribution in [0, 0.1) is 0 Å². The Morgan fingerprint density at radius 3 is 2.93 bits per heavy atom. The lowest BCUT2D eigenvalue weighted by molar-refractivity contribution is -0.114. The lowest BCUT2D eigenvalue weighted by Gasteiger charge is -1.92. The number of rotatable bonds is 5. The summed E-state index contributed by atoms with van der Waals surface area (Å²) in [6, 6.07) is 0. The summed E-state index contributed by atoms with van der Waals surface area (Å²) in [5.74, 6) is 0.141. The molecule has 1 rings (SSSR count). The van der Waals surface area contributed by atoms with E-state index in [9.17, 15) is 4.79 Å². The average Bonchev–Trinajstić information content (AvgIpc) is 2.62. The second kappa shape index (κ2) is 5.37. The number of allylic oxidation sites excluding steroid dienone is 2. The molecule has 0 amide bonds. The van der Waals surface area contributed by atoms with Gasteiger partial charge in [0.1, 0.15) is 0 Å². The van der Waals surface area contributed by atoms with Gasteiger partial charge >= 0.3 is 0 Å². The second-order valence-corrected chi connectivity index (χ2v) is 3.16. The number of hydrogen-bond acceptors (Lipinski definition) is 2. The molecule has 0 aliphatic carbocycles. The minimum atomic E-state index is 0.141. The van der Waals surface area contributed by atoms with Crippen molar-refractivity contribution in [3.8, 4) is 0 Å². The standard InChI is InChI=1S/C11H16N2O/c1-3-5-6-11(14)7-10-8-12-13(4-2)9-10/h5-6,8-9H,3-4,7H2,1-2H3/b6-5+. The van der Waals surface area contributed by atoms with Crippen LogP contribution in [0.2, 0.25) is 0 Å². The van der Waals surface area contributed by atoms with Crippen LogP contribution in [0.3, 0.4) is 0 Å². The van der Waals surface area contributed by atoms with Crippen LogP contribution >= 0.6 is 0 Å². The van der Waals surface area contributed by atoms with Crippen LogP contribution in [-0.2, 0) is 17.8 Å². The van der Waals surface area contributed by atoms with Crippen LogP contribution in [0.25, 0.3) is 0 Å². The molecule has 1 heterocycles. The third kappa shape index (κ3) is 3.17. The Kier molecular flexibility index (Phi) is 4.11. The van der Waals surface area contributed by atoms with Gasteiger partial charge in [-0.15, -0.1) is 0 Å². The molecule has 0 unspecified atom stereocenters. The number of aryl methyl sites for hydroxylation is 1. The highest BCUT2D eigenvalue weighted by Gasteiger charge is 2.01. The molecule has 0 fully saturated rings. The van der Waals surface area contributed by atoms with Gasteiger partial charge in [-0.1, -0.05) is 13.0 Å². The number of carbonyl (C=O) groups excluding carboxylic acids is 1. The van der Waals surface area contributed by atoms with Crippen molar-refractivity contribution in [2.45, 2.75) is 33.2 Å². The van der Waals surface area contributed by atoms with Gasteiger partial charge in [-0.3, -0.25) is 9.48 Å². The summed E-state index contributed by atoms with van der Waals surface area (Å²) < 4.78 is 1.83. The highest BCUT2D eigenvalue weighted by atomic mass is 16.1. The van der Waals surface area contributed by atoms with Crippen molar-refractivity contribution in [1.82, 2.24) is 9.78 Å². The van der Waals surface area contributed by atoms with Crippen molar-refractivity contribution >= 4 is 5.78 Å². The first-order valence-corrected chi connectivity index (χ1v) is 4.97. The molecule has 0 radical (unpaired) electrons. The summed E-state index contributed by atoms with van der Waals surface area (Å²) in [4.78, 5) is 11.3.